The molecule has 1 unspecified atom stereocenters. The first-order valence-electron chi connectivity index (χ1n) is 5.10. The SMILES string of the molecule is CCC(NC(=O)c1nonc1N)c1ncc[nH]1. The van der Waals surface area contributed by atoms with Crippen LogP contribution >= 0.6 is 0 Å². The minimum absolute atomic E-state index is 0.0185. The molecule has 0 fully saturated rings. The summed E-state index contributed by atoms with van der Waals surface area (Å²) in [6.07, 6.45) is 4.00. The topological polar surface area (TPSA) is 123 Å². The molecule has 0 aliphatic heterocycles. The molecule has 1 atom stereocenters. The lowest BCUT2D eigenvalue weighted by Crippen LogP contribution is -2.29. The number of anilines is 1. The Hall–Kier alpha value is -2.38. The highest BCUT2D eigenvalue weighted by atomic mass is 16.6. The Morgan fingerprint density at radius 1 is 1.65 bits per heavy atom. The van der Waals surface area contributed by atoms with Gasteiger partial charge < -0.3 is 16.0 Å². The van der Waals surface area contributed by atoms with Crippen molar-refractivity contribution in [3.63, 3.8) is 0 Å². The van der Waals surface area contributed by atoms with Crippen LogP contribution in [0.2, 0.25) is 0 Å². The first kappa shape index (κ1) is 11.1. The number of carbonyl (C=O) groups excluding carboxylic acids is 1. The Kier molecular flexibility index (Phi) is 3.03. The minimum Gasteiger partial charge on any atom is -0.379 e. The van der Waals surface area contributed by atoms with Gasteiger partial charge in [0.25, 0.3) is 5.91 Å². The van der Waals surface area contributed by atoms with Crippen molar-refractivity contribution in [3.05, 3.63) is 23.9 Å². The summed E-state index contributed by atoms with van der Waals surface area (Å²) in [4.78, 5) is 18.8. The smallest absolute Gasteiger partial charge is 0.278 e. The van der Waals surface area contributed by atoms with Gasteiger partial charge in [-0.2, -0.15) is 0 Å². The number of rotatable bonds is 4. The van der Waals surface area contributed by atoms with Crippen molar-refractivity contribution in [1.29, 1.82) is 0 Å². The molecule has 2 aromatic heterocycles. The van der Waals surface area contributed by atoms with E-state index in [2.05, 4.69) is 30.2 Å². The second kappa shape index (κ2) is 4.64. The van der Waals surface area contributed by atoms with Crippen LogP contribution in [0.1, 0.15) is 35.7 Å². The van der Waals surface area contributed by atoms with Crippen LogP contribution in [-0.4, -0.2) is 26.2 Å². The van der Waals surface area contributed by atoms with E-state index in [4.69, 9.17) is 5.73 Å². The van der Waals surface area contributed by atoms with E-state index in [1.54, 1.807) is 12.4 Å². The van der Waals surface area contributed by atoms with Gasteiger partial charge in [0.2, 0.25) is 11.5 Å². The predicted molar refractivity (Wildman–Crippen MR) is 57.8 cm³/mol. The number of H-pyrrole nitrogens is 1. The molecule has 8 heteroatoms. The van der Waals surface area contributed by atoms with Gasteiger partial charge in [0, 0.05) is 12.4 Å². The number of aromatic amines is 1. The fourth-order valence-corrected chi connectivity index (χ4v) is 1.41. The van der Waals surface area contributed by atoms with Crippen molar-refractivity contribution in [1.82, 2.24) is 25.6 Å². The molecule has 2 rings (SSSR count). The van der Waals surface area contributed by atoms with Gasteiger partial charge in [-0.25, -0.2) is 9.61 Å². The number of amides is 1. The Labute approximate surface area is 96.6 Å². The van der Waals surface area contributed by atoms with E-state index in [0.717, 1.165) is 0 Å². The molecule has 1 amide bonds. The second-order valence-corrected chi connectivity index (χ2v) is 3.41. The molecule has 0 bridgehead atoms. The third-order valence-electron chi connectivity index (χ3n) is 2.29. The van der Waals surface area contributed by atoms with E-state index < -0.39 is 5.91 Å². The number of nitrogens with two attached hydrogens (primary N) is 1. The third-order valence-corrected chi connectivity index (χ3v) is 2.29. The van der Waals surface area contributed by atoms with E-state index in [0.29, 0.717) is 12.2 Å². The number of nitrogens with zero attached hydrogens (tertiary/aromatic N) is 3. The maximum absolute atomic E-state index is 11.8. The molecule has 17 heavy (non-hydrogen) atoms. The highest BCUT2D eigenvalue weighted by molar-refractivity contribution is 5.96. The third kappa shape index (κ3) is 2.25. The highest BCUT2D eigenvalue weighted by Gasteiger charge is 2.20. The van der Waals surface area contributed by atoms with Crippen molar-refractivity contribution < 1.29 is 9.42 Å². The van der Waals surface area contributed by atoms with Gasteiger partial charge in [-0.05, 0) is 16.7 Å². The summed E-state index contributed by atoms with van der Waals surface area (Å²) in [5, 5.41) is 9.51. The molecule has 2 aromatic rings. The molecule has 8 nitrogen and oxygen atoms in total. The second-order valence-electron chi connectivity index (χ2n) is 3.41. The van der Waals surface area contributed by atoms with Crippen molar-refractivity contribution in [3.8, 4) is 0 Å². The van der Waals surface area contributed by atoms with Crippen LogP contribution in [0.15, 0.2) is 17.0 Å². The van der Waals surface area contributed by atoms with Gasteiger partial charge in [-0.3, -0.25) is 4.79 Å². The monoisotopic (exact) mass is 236 g/mol. The molecule has 0 aliphatic carbocycles. The van der Waals surface area contributed by atoms with E-state index in [9.17, 15) is 4.79 Å². The summed E-state index contributed by atoms with van der Waals surface area (Å²) in [7, 11) is 0. The van der Waals surface area contributed by atoms with Crippen molar-refractivity contribution in [2.75, 3.05) is 5.73 Å². The number of aromatic nitrogens is 4. The lowest BCUT2D eigenvalue weighted by molar-refractivity contribution is 0.0924. The van der Waals surface area contributed by atoms with E-state index in [1.165, 1.54) is 0 Å². The molecular weight excluding hydrogens is 224 g/mol. The number of nitrogens with one attached hydrogen (secondary N) is 2. The zero-order chi connectivity index (χ0) is 12.3. The Morgan fingerprint density at radius 3 is 3.00 bits per heavy atom. The molecule has 0 spiro atoms. The summed E-state index contributed by atoms with van der Waals surface area (Å²) >= 11 is 0. The summed E-state index contributed by atoms with van der Waals surface area (Å²) in [5.74, 6) is 0.208. The number of nitrogen functional groups attached to an aromatic ring is 1. The van der Waals surface area contributed by atoms with Gasteiger partial charge in [0.05, 0.1) is 6.04 Å². The largest absolute Gasteiger partial charge is 0.379 e. The number of carbonyl (C=O) groups is 1. The maximum atomic E-state index is 11.8. The first-order valence-corrected chi connectivity index (χ1v) is 5.10. The molecule has 2 heterocycles. The molecule has 0 radical (unpaired) electrons. The van der Waals surface area contributed by atoms with Gasteiger partial charge in [-0.1, -0.05) is 6.92 Å². The van der Waals surface area contributed by atoms with Gasteiger partial charge in [0.15, 0.2) is 0 Å². The zero-order valence-electron chi connectivity index (χ0n) is 9.17. The summed E-state index contributed by atoms with van der Waals surface area (Å²) in [6, 6.07) is -0.228. The van der Waals surface area contributed by atoms with Crippen LogP contribution in [0.4, 0.5) is 5.82 Å². The molecular formula is C9H12N6O2. The Morgan fingerprint density at radius 2 is 2.47 bits per heavy atom. The van der Waals surface area contributed by atoms with E-state index >= 15 is 0 Å². The molecule has 0 aliphatic rings. The average molecular weight is 236 g/mol. The van der Waals surface area contributed by atoms with Gasteiger partial charge >= 0.3 is 0 Å². The molecule has 0 aromatic carbocycles. The fourth-order valence-electron chi connectivity index (χ4n) is 1.41. The zero-order valence-corrected chi connectivity index (χ0v) is 9.17. The van der Waals surface area contributed by atoms with Gasteiger partial charge in [0.1, 0.15) is 5.82 Å². The molecule has 0 saturated carbocycles. The lowest BCUT2D eigenvalue weighted by atomic mass is 10.2. The van der Waals surface area contributed by atoms with Crippen LogP contribution in [0, 0.1) is 0 Å². The molecule has 0 saturated heterocycles. The summed E-state index contributed by atoms with van der Waals surface area (Å²) < 4.78 is 4.36. The number of hydrogen-bond acceptors (Lipinski definition) is 6. The predicted octanol–water partition coefficient (Wildman–Crippen LogP) is 0.256. The number of imidazole rings is 1. The maximum Gasteiger partial charge on any atom is 0.278 e. The Bertz CT molecular complexity index is 491. The van der Waals surface area contributed by atoms with Crippen LogP contribution in [-0.2, 0) is 0 Å². The summed E-state index contributed by atoms with van der Waals surface area (Å²) in [6.45, 7) is 1.93. The number of hydrogen-bond donors (Lipinski definition) is 3. The van der Waals surface area contributed by atoms with Crippen molar-refractivity contribution in [2.45, 2.75) is 19.4 Å². The lowest BCUT2D eigenvalue weighted by Gasteiger charge is -2.13. The van der Waals surface area contributed by atoms with Crippen molar-refractivity contribution >= 4 is 11.7 Å². The van der Waals surface area contributed by atoms with E-state index in [-0.39, 0.29) is 17.6 Å². The van der Waals surface area contributed by atoms with E-state index in [1.807, 2.05) is 6.92 Å². The summed E-state index contributed by atoms with van der Waals surface area (Å²) in [5.41, 5.74) is 5.41. The average Bonchev–Trinajstić information content (AvgIpc) is 2.96. The van der Waals surface area contributed by atoms with Gasteiger partial charge in [-0.15, -0.1) is 0 Å². The quantitative estimate of drug-likeness (QED) is 0.699. The van der Waals surface area contributed by atoms with Crippen LogP contribution in [0.5, 0.6) is 0 Å². The first-order chi connectivity index (χ1) is 8.22. The van der Waals surface area contributed by atoms with Crippen LogP contribution in [0.3, 0.4) is 0 Å². The Balaban J connectivity index is 2.10. The van der Waals surface area contributed by atoms with Crippen LogP contribution < -0.4 is 11.1 Å². The standard InChI is InChI=1S/C9H12N6O2/c1-2-5(8-11-3-4-12-8)13-9(16)6-7(10)15-17-14-6/h3-5H,2H2,1H3,(H2,10,15)(H,11,12)(H,13,16). The molecule has 90 valence electrons. The van der Waals surface area contributed by atoms with Crippen LogP contribution in [0.25, 0.3) is 0 Å². The molecule has 4 N–H and O–H groups in total. The minimum atomic E-state index is -0.438. The fraction of sp³-hybridized carbons (Fsp3) is 0.333. The van der Waals surface area contributed by atoms with Crippen molar-refractivity contribution in [2.24, 2.45) is 0 Å². The highest BCUT2D eigenvalue weighted by Crippen LogP contribution is 2.13. The normalized spacial score (nSPS) is 12.3.